The molecule has 2 N–H and O–H groups in total. The van der Waals surface area contributed by atoms with E-state index in [0.717, 1.165) is 17.5 Å². The minimum absolute atomic E-state index is 0.0391. The Bertz CT molecular complexity index is 1200. The normalized spacial score (nSPS) is 21.3. The highest BCUT2D eigenvalue weighted by Crippen LogP contribution is 2.37. The Morgan fingerprint density at radius 1 is 1.21 bits per heavy atom. The number of aryl methyl sites for hydroxylation is 1. The summed E-state index contributed by atoms with van der Waals surface area (Å²) in [6, 6.07) is 5.24. The van der Waals surface area contributed by atoms with Gasteiger partial charge in [0.15, 0.2) is 6.61 Å². The number of hydrogen-bond acceptors (Lipinski definition) is 7. The Hall–Kier alpha value is -2.88. The number of alkyl halides is 3. The standard InChI is InChI=1S/C24H29F3N4O3/c1-13-8-18(20-30-31-21(34-20)28-14-6-7-23(5,32)11-14)29-19-16(13)9-15(33-12-24(25,26)27)10-17(19)22(2,3)4/h8-10,14,32H,6-7,11-12H2,1-5H3,(H,28,31). The number of ether oxygens (including phenoxy) is 1. The third-order valence-corrected chi connectivity index (χ3v) is 5.99. The van der Waals surface area contributed by atoms with Gasteiger partial charge in [-0.25, -0.2) is 4.98 Å². The van der Waals surface area contributed by atoms with Crippen LogP contribution in [0.3, 0.4) is 0 Å². The lowest BCUT2D eigenvalue weighted by atomic mass is 9.84. The highest BCUT2D eigenvalue weighted by atomic mass is 19.4. The first-order valence-electron chi connectivity index (χ1n) is 11.2. The molecule has 10 heteroatoms. The van der Waals surface area contributed by atoms with Crippen molar-refractivity contribution in [2.24, 2.45) is 0 Å². The van der Waals surface area contributed by atoms with Gasteiger partial charge in [0.25, 0.3) is 5.89 Å². The quantitative estimate of drug-likeness (QED) is 0.497. The van der Waals surface area contributed by atoms with Crippen molar-refractivity contribution in [3.8, 4) is 17.3 Å². The maximum Gasteiger partial charge on any atom is 0.422 e. The van der Waals surface area contributed by atoms with E-state index in [4.69, 9.17) is 14.1 Å². The maximum absolute atomic E-state index is 12.7. The zero-order chi connectivity index (χ0) is 24.9. The monoisotopic (exact) mass is 478 g/mol. The Morgan fingerprint density at radius 2 is 1.94 bits per heavy atom. The van der Waals surface area contributed by atoms with Crippen LogP contribution >= 0.6 is 0 Å². The van der Waals surface area contributed by atoms with Crippen molar-refractivity contribution in [1.82, 2.24) is 15.2 Å². The molecular formula is C24H29F3N4O3. The van der Waals surface area contributed by atoms with Crippen molar-refractivity contribution in [1.29, 1.82) is 0 Å². The van der Waals surface area contributed by atoms with Gasteiger partial charge in [0.2, 0.25) is 0 Å². The second kappa shape index (κ2) is 8.41. The van der Waals surface area contributed by atoms with Crippen LogP contribution in [-0.4, -0.2) is 44.7 Å². The molecule has 2 heterocycles. The fourth-order valence-corrected chi connectivity index (χ4v) is 4.30. The van der Waals surface area contributed by atoms with Gasteiger partial charge in [0.1, 0.15) is 11.4 Å². The van der Waals surface area contributed by atoms with Gasteiger partial charge < -0.3 is 19.6 Å². The highest BCUT2D eigenvalue weighted by molar-refractivity contribution is 5.89. The summed E-state index contributed by atoms with van der Waals surface area (Å²) in [5, 5.41) is 22.2. The van der Waals surface area contributed by atoms with Gasteiger partial charge in [-0.3, -0.25) is 0 Å². The van der Waals surface area contributed by atoms with Crippen molar-refractivity contribution in [2.75, 3.05) is 11.9 Å². The molecule has 2 atom stereocenters. The molecule has 184 valence electrons. The predicted molar refractivity (Wildman–Crippen MR) is 122 cm³/mol. The summed E-state index contributed by atoms with van der Waals surface area (Å²) < 4.78 is 48.9. The van der Waals surface area contributed by atoms with Gasteiger partial charge in [0, 0.05) is 11.4 Å². The van der Waals surface area contributed by atoms with Gasteiger partial charge in [-0.15, -0.1) is 5.10 Å². The first-order valence-corrected chi connectivity index (χ1v) is 11.2. The molecule has 1 aliphatic carbocycles. The predicted octanol–water partition coefficient (Wildman–Crippen LogP) is 5.55. The van der Waals surface area contributed by atoms with E-state index in [0.29, 0.717) is 29.4 Å². The number of halogens is 3. The topological polar surface area (TPSA) is 93.3 Å². The largest absolute Gasteiger partial charge is 0.484 e. The van der Waals surface area contributed by atoms with Gasteiger partial charge in [0.05, 0.1) is 11.1 Å². The number of fused-ring (bicyclic) bond motifs is 1. The molecule has 0 amide bonds. The molecule has 0 bridgehead atoms. The van der Waals surface area contributed by atoms with Crippen LogP contribution < -0.4 is 10.1 Å². The van der Waals surface area contributed by atoms with Crippen molar-refractivity contribution in [3.63, 3.8) is 0 Å². The fourth-order valence-electron chi connectivity index (χ4n) is 4.30. The van der Waals surface area contributed by atoms with E-state index in [1.165, 1.54) is 0 Å². The van der Waals surface area contributed by atoms with Crippen molar-refractivity contribution < 1.29 is 27.4 Å². The highest BCUT2D eigenvalue weighted by Gasteiger charge is 2.34. The maximum atomic E-state index is 12.7. The third kappa shape index (κ3) is 5.43. The lowest BCUT2D eigenvalue weighted by molar-refractivity contribution is -0.153. The molecule has 0 aliphatic heterocycles. The van der Waals surface area contributed by atoms with E-state index in [1.807, 2.05) is 34.6 Å². The Kier molecular flexibility index (Phi) is 6.00. The summed E-state index contributed by atoms with van der Waals surface area (Å²) in [6.45, 7) is 8.19. The number of rotatable bonds is 5. The average Bonchev–Trinajstić information content (AvgIpc) is 3.31. The summed E-state index contributed by atoms with van der Waals surface area (Å²) in [5.41, 5.74) is 1.54. The van der Waals surface area contributed by atoms with Crippen LogP contribution in [-0.2, 0) is 5.41 Å². The van der Waals surface area contributed by atoms with Gasteiger partial charge in [-0.05, 0) is 67.9 Å². The number of hydrogen-bond donors (Lipinski definition) is 2. The SMILES string of the molecule is Cc1cc(-c2nnc(NC3CCC(C)(O)C3)o2)nc2c(C(C)(C)C)cc(OCC(F)(F)F)cc12. The van der Waals surface area contributed by atoms with Gasteiger partial charge in [-0.1, -0.05) is 25.9 Å². The molecule has 2 unspecified atom stereocenters. The molecule has 1 saturated carbocycles. The van der Waals surface area contributed by atoms with Crippen LogP contribution in [0.1, 0.15) is 58.1 Å². The first kappa shape index (κ1) is 24.3. The summed E-state index contributed by atoms with van der Waals surface area (Å²) in [4.78, 5) is 4.75. The Morgan fingerprint density at radius 3 is 2.56 bits per heavy atom. The molecule has 2 aromatic heterocycles. The van der Waals surface area contributed by atoms with Crippen molar-refractivity contribution in [2.45, 2.75) is 77.1 Å². The van der Waals surface area contributed by atoms with E-state index < -0.39 is 23.8 Å². The first-order chi connectivity index (χ1) is 15.7. The number of aliphatic hydroxyl groups is 1. The second-order valence-corrected chi connectivity index (χ2v) is 10.3. The van der Waals surface area contributed by atoms with E-state index in [2.05, 4.69) is 15.5 Å². The summed E-state index contributed by atoms with van der Waals surface area (Å²) >= 11 is 0. The summed E-state index contributed by atoms with van der Waals surface area (Å²) in [7, 11) is 0. The Labute approximate surface area is 195 Å². The zero-order valence-corrected chi connectivity index (χ0v) is 19.9. The molecule has 1 aromatic carbocycles. The van der Waals surface area contributed by atoms with Gasteiger partial charge >= 0.3 is 12.2 Å². The molecule has 1 aliphatic rings. The number of pyridine rings is 1. The number of benzene rings is 1. The molecule has 1 fully saturated rings. The molecular weight excluding hydrogens is 449 g/mol. The minimum Gasteiger partial charge on any atom is -0.484 e. The second-order valence-electron chi connectivity index (χ2n) is 10.3. The number of nitrogens with zero attached hydrogens (tertiary/aromatic N) is 3. The van der Waals surface area contributed by atoms with Crippen molar-refractivity contribution in [3.05, 3.63) is 29.3 Å². The molecule has 3 aromatic rings. The minimum atomic E-state index is -4.42. The van der Waals surface area contributed by atoms with Crippen LogP contribution in [0.25, 0.3) is 22.5 Å². The number of aromatic nitrogens is 3. The van der Waals surface area contributed by atoms with E-state index in [9.17, 15) is 18.3 Å². The van der Waals surface area contributed by atoms with Crippen LogP contribution in [0.4, 0.5) is 19.2 Å². The van der Waals surface area contributed by atoms with Crippen LogP contribution in [0.15, 0.2) is 22.6 Å². The molecule has 7 nitrogen and oxygen atoms in total. The Balaban J connectivity index is 1.68. The lowest BCUT2D eigenvalue weighted by Gasteiger charge is -2.23. The third-order valence-electron chi connectivity index (χ3n) is 5.99. The summed E-state index contributed by atoms with van der Waals surface area (Å²) in [6.07, 6.45) is -2.34. The van der Waals surface area contributed by atoms with E-state index in [-0.39, 0.29) is 23.7 Å². The summed E-state index contributed by atoms with van der Waals surface area (Å²) in [5.74, 6) is 0.374. The zero-order valence-electron chi connectivity index (χ0n) is 19.9. The van der Waals surface area contributed by atoms with Crippen LogP contribution in [0, 0.1) is 6.92 Å². The fraction of sp³-hybridized carbons (Fsp3) is 0.542. The van der Waals surface area contributed by atoms with Crippen LogP contribution in [0.2, 0.25) is 0 Å². The van der Waals surface area contributed by atoms with Crippen molar-refractivity contribution >= 4 is 16.9 Å². The number of nitrogens with one attached hydrogen (secondary N) is 1. The molecule has 0 radical (unpaired) electrons. The van der Waals surface area contributed by atoms with E-state index in [1.54, 1.807) is 18.2 Å². The molecule has 0 spiro atoms. The molecule has 4 rings (SSSR count). The lowest BCUT2D eigenvalue weighted by Crippen LogP contribution is -2.23. The van der Waals surface area contributed by atoms with Crippen LogP contribution in [0.5, 0.6) is 5.75 Å². The molecule has 0 saturated heterocycles. The smallest absolute Gasteiger partial charge is 0.422 e. The molecule has 34 heavy (non-hydrogen) atoms. The van der Waals surface area contributed by atoms with E-state index >= 15 is 0 Å². The average molecular weight is 479 g/mol. The van der Waals surface area contributed by atoms with Gasteiger partial charge in [-0.2, -0.15) is 13.2 Å². The number of anilines is 1.